The highest BCUT2D eigenvalue weighted by Crippen LogP contribution is 2.39. The van der Waals surface area contributed by atoms with Gasteiger partial charge in [0.05, 0.1) is 6.10 Å². The molecule has 2 aromatic rings. The Morgan fingerprint density at radius 3 is 2.53 bits per heavy atom. The fraction of sp³-hybridized carbons (Fsp3) is 0.577. The van der Waals surface area contributed by atoms with Gasteiger partial charge >= 0.3 is 5.97 Å². The lowest BCUT2D eigenvalue weighted by molar-refractivity contribution is -0.137. The number of carbonyl (C=O) groups is 1. The number of hydrogen-bond acceptors (Lipinski definition) is 3. The van der Waals surface area contributed by atoms with Crippen molar-refractivity contribution in [2.24, 2.45) is 11.3 Å². The predicted octanol–water partition coefficient (Wildman–Crippen LogP) is 6.09. The molecule has 3 rings (SSSR count). The molecule has 2 N–H and O–H groups in total. The van der Waals surface area contributed by atoms with E-state index in [9.17, 15) is 4.79 Å². The maximum absolute atomic E-state index is 10.6. The molecule has 0 aliphatic heterocycles. The average molecular weight is 412 g/mol. The van der Waals surface area contributed by atoms with Crippen LogP contribution in [-0.2, 0) is 11.3 Å². The van der Waals surface area contributed by atoms with Gasteiger partial charge in [0, 0.05) is 13.0 Å². The molecule has 0 aromatic heterocycles. The smallest absolute Gasteiger partial charge is 0.303 e. The lowest BCUT2D eigenvalue weighted by atomic mass is 9.72. The molecule has 30 heavy (non-hydrogen) atoms. The quantitative estimate of drug-likeness (QED) is 0.516. The number of carboxylic acids is 1. The van der Waals surface area contributed by atoms with Crippen molar-refractivity contribution >= 4 is 16.7 Å². The van der Waals surface area contributed by atoms with Crippen molar-refractivity contribution in [3.8, 4) is 5.75 Å². The summed E-state index contributed by atoms with van der Waals surface area (Å²) < 4.78 is 6.39. The van der Waals surface area contributed by atoms with Crippen molar-refractivity contribution in [3.63, 3.8) is 0 Å². The number of ether oxygens (including phenoxy) is 1. The van der Waals surface area contributed by atoms with Crippen LogP contribution in [0.3, 0.4) is 0 Å². The molecule has 0 saturated heterocycles. The Morgan fingerprint density at radius 1 is 1.13 bits per heavy atom. The molecular weight excluding hydrogens is 374 g/mol. The Labute approximate surface area is 181 Å². The summed E-state index contributed by atoms with van der Waals surface area (Å²) in [4.78, 5) is 10.6. The summed E-state index contributed by atoms with van der Waals surface area (Å²) in [5, 5.41) is 14.5. The molecule has 0 amide bonds. The Kier molecular flexibility index (Phi) is 7.41. The van der Waals surface area contributed by atoms with Crippen molar-refractivity contribution < 1.29 is 14.6 Å². The summed E-state index contributed by atoms with van der Waals surface area (Å²) >= 11 is 0. The van der Waals surface area contributed by atoms with Gasteiger partial charge in [-0.25, -0.2) is 0 Å². The van der Waals surface area contributed by atoms with Crippen LogP contribution >= 0.6 is 0 Å². The first-order chi connectivity index (χ1) is 14.2. The number of aliphatic carboxylic acids is 1. The fourth-order valence-corrected chi connectivity index (χ4v) is 4.57. The number of aryl methyl sites for hydroxylation is 1. The number of fused-ring (bicyclic) bond motifs is 1. The standard InChI is InChI=1S/C26H37NO3/c1-18-14-23(30-22-11-9-21(10-12-22)26(2,3)4)16-20-8-7-19(15-24(18)20)17-27-13-5-6-25(28)29/h7-8,14-16,21-22,27H,5-6,9-13,17H2,1-4H3,(H,28,29)/t21-,22-. The number of rotatable bonds is 8. The van der Waals surface area contributed by atoms with Gasteiger partial charge in [-0.15, -0.1) is 0 Å². The van der Waals surface area contributed by atoms with Crippen LogP contribution in [0.1, 0.15) is 70.4 Å². The molecule has 1 fully saturated rings. The fourth-order valence-electron chi connectivity index (χ4n) is 4.57. The van der Waals surface area contributed by atoms with Crippen molar-refractivity contribution in [2.45, 2.75) is 78.9 Å². The van der Waals surface area contributed by atoms with Gasteiger partial charge in [-0.3, -0.25) is 4.79 Å². The van der Waals surface area contributed by atoms with Gasteiger partial charge in [-0.05, 0) is 97.0 Å². The zero-order valence-corrected chi connectivity index (χ0v) is 19.0. The van der Waals surface area contributed by atoms with Gasteiger partial charge in [-0.2, -0.15) is 0 Å². The molecule has 4 heteroatoms. The second kappa shape index (κ2) is 9.82. The van der Waals surface area contributed by atoms with Crippen LogP contribution in [0.4, 0.5) is 0 Å². The summed E-state index contributed by atoms with van der Waals surface area (Å²) in [6.45, 7) is 10.7. The van der Waals surface area contributed by atoms with E-state index in [1.807, 2.05) is 0 Å². The molecule has 0 bridgehead atoms. The van der Waals surface area contributed by atoms with E-state index >= 15 is 0 Å². The van der Waals surface area contributed by atoms with E-state index in [4.69, 9.17) is 9.84 Å². The third kappa shape index (κ3) is 6.21. The SMILES string of the molecule is Cc1cc(O[C@H]2CC[C@H](C(C)(C)C)CC2)cc2ccc(CNCCCC(=O)O)cc12. The molecule has 0 spiro atoms. The number of hydrogen-bond donors (Lipinski definition) is 2. The van der Waals surface area contributed by atoms with Gasteiger partial charge < -0.3 is 15.2 Å². The highest BCUT2D eigenvalue weighted by molar-refractivity contribution is 5.87. The highest BCUT2D eigenvalue weighted by Gasteiger charge is 2.30. The van der Waals surface area contributed by atoms with E-state index in [-0.39, 0.29) is 6.42 Å². The van der Waals surface area contributed by atoms with Crippen molar-refractivity contribution in [1.82, 2.24) is 5.32 Å². The highest BCUT2D eigenvalue weighted by atomic mass is 16.5. The Balaban J connectivity index is 1.59. The first-order valence-corrected chi connectivity index (χ1v) is 11.3. The summed E-state index contributed by atoms with van der Waals surface area (Å²) in [6.07, 6.45) is 5.99. The maximum atomic E-state index is 10.6. The molecule has 2 aromatic carbocycles. The van der Waals surface area contributed by atoms with Crippen LogP contribution in [-0.4, -0.2) is 23.7 Å². The monoisotopic (exact) mass is 411 g/mol. The molecule has 0 heterocycles. The maximum Gasteiger partial charge on any atom is 0.303 e. The van der Waals surface area contributed by atoms with Crippen LogP contribution in [0, 0.1) is 18.3 Å². The molecule has 4 nitrogen and oxygen atoms in total. The molecule has 0 unspecified atom stereocenters. The summed E-state index contributed by atoms with van der Waals surface area (Å²) in [5.74, 6) is 1.05. The topological polar surface area (TPSA) is 58.6 Å². The molecule has 0 atom stereocenters. The van der Waals surface area contributed by atoms with Crippen LogP contribution in [0.2, 0.25) is 0 Å². The minimum atomic E-state index is -0.738. The molecule has 1 aliphatic rings. The second-order valence-corrected chi connectivity index (χ2v) is 9.93. The number of nitrogens with one attached hydrogen (secondary N) is 1. The van der Waals surface area contributed by atoms with E-state index in [1.54, 1.807) is 0 Å². The zero-order valence-electron chi connectivity index (χ0n) is 19.0. The molecule has 1 saturated carbocycles. The van der Waals surface area contributed by atoms with Crippen molar-refractivity contribution in [1.29, 1.82) is 0 Å². The third-order valence-electron chi connectivity index (χ3n) is 6.47. The Hall–Kier alpha value is -2.07. The van der Waals surface area contributed by atoms with Gasteiger partial charge in [0.2, 0.25) is 0 Å². The lowest BCUT2D eigenvalue weighted by Gasteiger charge is -2.37. The van der Waals surface area contributed by atoms with E-state index in [2.05, 4.69) is 63.3 Å². The van der Waals surface area contributed by atoms with Gasteiger partial charge in [0.25, 0.3) is 0 Å². The number of benzene rings is 2. The third-order valence-corrected chi connectivity index (χ3v) is 6.47. The zero-order chi connectivity index (χ0) is 21.7. The Morgan fingerprint density at radius 2 is 1.87 bits per heavy atom. The summed E-state index contributed by atoms with van der Waals surface area (Å²) in [6, 6.07) is 10.9. The van der Waals surface area contributed by atoms with E-state index < -0.39 is 5.97 Å². The van der Waals surface area contributed by atoms with Crippen molar-refractivity contribution in [2.75, 3.05) is 6.54 Å². The van der Waals surface area contributed by atoms with Gasteiger partial charge in [0.1, 0.15) is 5.75 Å². The Bertz CT molecular complexity index is 860. The summed E-state index contributed by atoms with van der Waals surface area (Å²) in [7, 11) is 0. The van der Waals surface area contributed by atoms with E-state index in [0.717, 1.165) is 31.1 Å². The molecule has 164 valence electrons. The molecular formula is C26H37NO3. The average Bonchev–Trinajstić information content (AvgIpc) is 2.67. The summed E-state index contributed by atoms with van der Waals surface area (Å²) in [5.41, 5.74) is 2.85. The van der Waals surface area contributed by atoms with Crippen LogP contribution in [0.15, 0.2) is 30.3 Å². The molecule has 0 radical (unpaired) electrons. The van der Waals surface area contributed by atoms with Gasteiger partial charge in [-0.1, -0.05) is 32.9 Å². The number of carboxylic acid groups (broad SMARTS) is 1. The molecule has 1 aliphatic carbocycles. The van der Waals surface area contributed by atoms with E-state index in [0.29, 0.717) is 24.5 Å². The second-order valence-electron chi connectivity index (χ2n) is 9.93. The van der Waals surface area contributed by atoms with Crippen LogP contribution in [0.25, 0.3) is 10.8 Å². The van der Waals surface area contributed by atoms with Crippen LogP contribution < -0.4 is 10.1 Å². The first kappa shape index (κ1) is 22.6. The minimum Gasteiger partial charge on any atom is -0.490 e. The largest absolute Gasteiger partial charge is 0.490 e. The van der Waals surface area contributed by atoms with Crippen molar-refractivity contribution in [3.05, 3.63) is 41.5 Å². The minimum absolute atomic E-state index is 0.213. The first-order valence-electron chi connectivity index (χ1n) is 11.3. The van der Waals surface area contributed by atoms with Gasteiger partial charge in [0.15, 0.2) is 0 Å². The predicted molar refractivity (Wildman–Crippen MR) is 123 cm³/mol. The lowest BCUT2D eigenvalue weighted by Crippen LogP contribution is -2.30. The van der Waals surface area contributed by atoms with Crippen LogP contribution in [0.5, 0.6) is 5.75 Å². The normalized spacial score (nSPS) is 19.7. The van der Waals surface area contributed by atoms with E-state index in [1.165, 1.54) is 34.7 Å².